The van der Waals surface area contributed by atoms with Gasteiger partial charge in [0.25, 0.3) is 0 Å². The number of aromatic nitrogens is 5. The van der Waals surface area contributed by atoms with Crippen molar-refractivity contribution in [3.8, 4) is 16.8 Å². The molecule has 0 unspecified atom stereocenters. The molecule has 0 fully saturated rings. The lowest BCUT2D eigenvalue weighted by Gasteiger charge is -2.23. The highest BCUT2D eigenvalue weighted by Crippen LogP contribution is 2.29. The molecule has 0 saturated carbocycles. The summed E-state index contributed by atoms with van der Waals surface area (Å²) in [4.78, 5) is 12.6. The lowest BCUT2D eigenvalue weighted by atomic mass is 10.0. The highest BCUT2D eigenvalue weighted by atomic mass is 35.5. The number of nitrogens with zero attached hydrogens (tertiary/aromatic N) is 5. The fourth-order valence-electron chi connectivity index (χ4n) is 3.66. The molecule has 0 radical (unpaired) electrons. The molecule has 0 aliphatic carbocycles. The van der Waals surface area contributed by atoms with E-state index in [2.05, 4.69) is 20.8 Å². The van der Waals surface area contributed by atoms with Crippen LogP contribution in [0.3, 0.4) is 0 Å². The molecule has 4 aromatic rings. The van der Waals surface area contributed by atoms with Crippen molar-refractivity contribution in [3.05, 3.63) is 94.7 Å². The van der Waals surface area contributed by atoms with Gasteiger partial charge < -0.3 is 15.3 Å². The Hall–Kier alpha value is -3.98. The molecule has 180 valence electrons. The second kappa shape index (κ2) is 10.1. The highest BCUT2D eigenvalue weighted by molar-refractivity contribution is 6.31. The normalized spacial score (nSPS) is 12.2. The van der Waals surface area contributed by atoms with Crippen molar-refractivity contribution in [2.45, 2.75) is 38.8 Å². The van der Waals surface area contributed by atoms with Crippen molar-refractivity contribution in [1.82, 2.24) is 25.5 Å². The zero-order valence-electron chi connectivity index (χ0n) is 19.6. The van der Waals surface area contributed by atoms with Crippen molar-refractivity contribution in [2.24, 2.45) is 0 Å². The Morgan fingerprint density at radius 2 is 1.94 bits per heavy atom. The lowest BCUT2D eigenvalue weighted by Crippen LogP contribution is -2.42. The van der Waals surface area contributed by atoms with Gasteiger partial charge in [0, 0.05) is 28.6 Å². The Labute approximate surface area is 207 Å². The first-order chi connectivity index (χ1) is 16.7. The fraction of sp³-hybridized carbons (Fsp3) is 0.240. The quantitative estimate of drug-likeness (QED) is 0.315. The minimum Gasteiger partial charge on any atom is -0.618 e. The molecule has 0 bridgehead atoms. The van der Waals surface area contributed by atoms with Crippen LogP contribution in [0.2, 0.25) is 5.02 Å². The van der Waals surface area contributed by atoms with Gasteiger partial charge in [-0.3, -0.25) is 0 Å². The van der Waals surface area contributed by atoms with Gasteiger partial charge in [-0.05, 0) is 61.0 Å². The summed E-state index contributed by atoms with van der Waals surface area (Å²) < 4.78 is 7.68. The monoisotopic (exact) mass is 492 g/mol. The molecule has 0 saturated heterocycles. The van der Waals surface area contributed by atoms with E-state index in [4.69, 9.17) is 16.3 Å². The van der Waals surface area contributed by atoms with E-state index in [0.717, 1.165) is 10.3 Å². The summed E-state index contributed by atoms with van der Waals surface area (Å²) in [5.41, 5.74) is 2.63. The molecular weight excluding hydrogens is 468 g/mol. The predicted octanol–water partition coefficient (Wildman–Crippen LogP) is 4.42. The third-order valence-corrected chi connectivity index (χ3v) is 5.38. The Balaban J connectivity index is 1.70. The maximum Gasteiger partial charge on any atom is 0.408 e. The minimum atomic E-state index is -0.669. The van der Waals surface area contributed by atoms with Crippen LogP contribution in [0.5, 0.6) is 0 Å². The Bertz CT molecular complexity index is 1310. The largest absolute Gasteiger partial charge is 0.618 e. The molecule has 1 amide bonds. The van der Waals surface area contributed by atoms with E-state index >= 15 is 0 Å². The topological polar surface area (TPSA) is 109 Å². The van der Waals surface area contributed by atoms with Crippen LogP contribution in [0.1, 0.15) is 38.1 Å². The average Bonchev–Trinajstić information content (AvgIpc) is 3.33. The first-order valence-electron chi connectivity index (χ1n) is 11.0. The molecular formula is C25H25ClN6O3. The zero-order chi connectivity index (χ0) is 25.0. The van der Waals surface area contributed by atoms with Gasteiger partial charge in [0.2, 0.25) is 5.69 Å². The van der Waals surface area contributed by atoms with Gasteiger partial charge in [0.1, 0.15) is 18.0 Å². The van der Waals surface area contributed by atoms with E-state index < -0.39 is 17.7 Å². The van der Waals surface area contributed by atoms with Crippen molar-refractivity contribution in [3.63, 3.8) is 0 Å². The third-order valence-electron chi connectivity index (χ3n) is 5.14. The summed E-state index contributed by atoms with van der Waals surface area (Å²) >= 11 is 6.24. The van der Waals surface area contributed by atoms with Gasteiger partial charge in [0.15, 0.2) is 6.20 Å². The van der Waals surface area contributed by atoms with Crippen LogP contribution in [0.4, 0.5) is 4.79 Å². The number of rotatable bonds is 6. The molecule has 4 rings (SSSR count). The molecule has 2 aromatic carbocycles. The minimum absolute atomic E-state index is 0.370. The molecule has 0 spiro atoms. The van der Waals surface area contributed by atoms with Crippen LogP contribution in [0.25, 0.3) is 16.8 Å². The lowest BCUT2D eigenvalue weighted by molar-refractivity contribution is -0.615. The standard InChI is InChI=1S/C25H25ClN6O3/c1-25(2,3)35-24(33)28-21(13-17-7-5-4-6-8-17)23-11-9-18(15-32(23)34)20-14-19(26)10-12-22(20)31-16-27-29-30-31/h4-12,14-16,21H,13H2,1-3H3,(H,28,33)/t21-/m0/s1. The molecule has 0 aliphatic heterocycles. The summed E-state index contributed by atoms with van der Waals surface area (Å²) in [6.07, 6.45) is 2.73. The molecule has 35 heavy (non-hydrogen) atoms. The molecule has 2 heterocycles. The van der Waals surface area contributed by atoms with Gasteiger partial charge in [0.05, 0.1) is 5.69 Å². The number of amides is 1. The fourth-order valence-corrected chi connectivity index (χ4v) is 3.83. The number of nitrogens with one attached hydrogen (secondary N) is 1. The summed E-state index contributed by atoms with van der Waals surface area (Å²) in [7, 11) is 0. The number of carbonyl (C=O) groups is 1. The molecule has 1 N–H and O–H groups in total. The molecule has 10 heteroatoms. The Morgan fingerprint density at radius 1 is 1.17 bits per heavy atom. The SMILES string of the molecule is CC(C)(C)OC(=O)N[C@@H](Cc1ccccc1)c1ccc(-c2cc(Cl)ccc2-n2cnnn2)c[n+]1[O-]. The second-order valence-corrected chi connectivity index (χ2v) is 9.41. The summed E-state index contributed by atoms with van der Waals surface area (Å²) in [5.74, 6) is 0. The van der Waals surface area contributed by atoms with Crippen molar-refractivity contribution < 1.29 is 14.3 Å². The van der Waals surface area contributed by atoms with E-state index in [1.165, 1.54) is 17.2 Å². The van der Waals surface area contributed by atoms with E-state index in [0.29, 0.717) is 34.0 Å². The van der Waals surface area contributed by atoms with Crippen LogP contribution in [0.15, 0.2) is 73.2 Å². The van der Waals surface area contributed by atoms with E-state index in [9.17, 15) is 10.0 Å². The number of hydrogen-bond donors (Lipinski definition) is 1. The van der Waals surface area contributed by atoms with E-state index in [-0.39, 0.29) is 0 Å². The predicted molar refractivity (Wildman–Crippen MR) is 131 cm³/mol. The first kappa shape index (κ1) is 24.2. The Morgan fingerprint density at radius 3 is 2.60 bits per heavy atom. The van der Waals surface area contributed by atoms with Crippen LogP contribution in [-0.4, -0.2) is 31.9 Å². The van der Waals surface area contributed by atoms with Gasteiger partial charge >= 0.3 is 6.09 Å². The number of carbonyl (C=O) groups excluding carboxylic acids is 1. The number of halogens is 1. The molecule has 0 aliphatic rings. The summed E-state index contributed by atoms with van der Waals surface area (Å²) in [6.45, 7) is 5.36. The van der Waals surface area contributed by atoms with Crippen molar-refractivity contribution in [1.29, 1.82) is 0 Å². The number of ether oxygens (including phenoxy) is 1. The number of alkyl carbamates (subject to hydrolysis) is 1. The maximum atomic E-state index is 13.2. The molecule has 2 aromatic heterocycles. The van der Waals surface area contributed by atoms with Crippen molar-refractivity contribution >= 4 is 17.7 Å². The summed E-state index contributed by atoms with van der Waals surface area (Å²) in [6, 6.07) is 17.7. The van der Waals surface area contributed by atoms with Crippen molar-refractivity contribution in [2.75, 3.05) is 0 Å². The number of pyridine rings is 1. The average molecular weight is 493 g/mol. The third kappa shape index (κ3) is 6.13. The van der Waals surface area contributed by atoms with Gasteiger partial charge in [-0.15, -0.1) is 5.10 Å². The number of benzene rings is 2. The van der Waals surface area contributed by atoms with E-state index in [1.807, 2.05) is 30.3 Å². The van der Waals surface area contributed by atoms with Gasteiger partial charge in [-0.2, -0.15) is 9.41 Å². The summed E-state index contributed by atoms with van der Waals surface area (Å²) in [5, 5.41) is 27.9. The van der Waals surface area contributed by atoms with Gasteiger partial charge in [-0.1, -0.05) is 41.9 Å². The van der Waals surface area contributed by atoms with E-state index in [1.54, 1.807) is 51.1 Å². The maximum absolute atomic E-state index is 13.2. The van der Waals surface area contributed by atoms with Crippen LogP contribution >= 0.6 is 11.6 Å². The number of hydrogen-bond acceptors (Lipinski definition) is 6. The van der Waals surface area contributed by atoms with Crippen LogP contribution in [-0.2, 0) is 11.2 Å². The zero-order valence-corrected chi connectivity index (χ0v) is 20.3. The second-order valence-electron chi connectivity index (χ2n) is 8.97. The molecule has 1 atom stereocenters. The van der Waals surface area contributed by atoms with Gasteiger partial charge in [-0.25, -0.2) is 4.79 Å². The molecule has 9 nitrogen and oxygen atoms in total. The number of tetrazole rings is 1. The first-order valence-corrected chi connectivity index (χ1v) is 11.4. The van der Waals surface area contributed by atoms with Crippen LogP contribution in [0, 0.1) is 5.21 Å². The van der Waals surface area contributed by atoms with Crippen LogP contribution < -0.4 is 10.0 Å². The smallest absolute Gasteiger partial charge is 0.408 e. The Kier molecular flexibility index (Phi) is 6.97. The highest BCUT2D eigenvalue weighted by Gasteiger charge is 2.26.